The van der Waals surface area contributed by atoms with Crippen LogP contribution >= 0.6 is 11.8 Å². The van der Waals surface area contributed by atoms with E-state index in [9.17, 15) is 9.59 Å². The standard InChI is InChI=1S/C24H27N3O2S/c1-15-12-13-20(16(2)14-15)25-22(28)17(3)30-24-26-21-11-7-6-10-19(21)23(29)27(24)18-8-4-5-9-18/h6-7,10-14,17-18H,4-5,8-9H2,1-3H3,(H,25,28). The summed E-state index contributed by atoms with van der Waals surface area (Å²) < 4.78 is 1.83. The second kappa shape index (κ2) is 8.64. The molecule has 6 heteroatoms. The maximum Gasteiger partial charge on any atom is 0.262 e. The van der Waals surface area contributed by atoms with Gasteiger partial charge in [-0.05, 0) is 57.4 Å². The number of amides is 1. The molecule has 1 amide bonds. The minimum atomic E-state index is -0.383. The van der Waals surface area contributed by atoms with E-state index in [-0.39, 0.29) is 22.8 Å². The van der Waals surface area contributed by atoms with Crippen LogP contribution in [-0.2, 0) is 4.79 Å². The van der Waals surface area contributed by atoms with E-state index < -0.39 is 0 Å². The van der Waals surface area contributed by atoms with Gasteiger partial charge in [-0.1, -0.05) is 54.4 Å². The predicted octanol–water partition coefficient (Wildman–Crippen LogP) is 5.25. The van der Waals surface area contributed by atoms with Gasteiger partial charge in [0.05, 0.1) is 16.2 Å². The van der Waals surface area contributed by atoms with Gasteiger partial charge in [-0.3, -0.25) is 14.2 Å². The summed E-state index contributed by atoms with van der Waals surface area (Å²) in [6.07, 6.45) is 4.21. The average molecular weight is 422 g/mol. The number of anilines is 1. The smallest absolute Gasteiger partial charge is 0.262 e. The van der Waals surface area contributed by atoms with Gasteiger partial charge in [-0.15, -0.1) is 0 Å². The normalized spacial score (nSPS) is 15.4. The molecule has 1 atom stereocenters. The lowest BCUT2D eigenvalue weighted by molar-refractivity contribution is -0.115. The van der Waals surface area contributed by atoms with Crippen molar-refractivity contribution < 1.29 is 4.79 Å². The van der Waals surface area contributed by atoms with Crippen LogP contribution in [0.3, 0.4) is 0 Å². The number of fused-ring (bicyclic) bond motifs is 1. The Balaban J connectivity index is 1.64. The highest BCUT2D eigenvalue weighted by atomic mass is 32.2. The quantitative estimate of drug-likeness (QED) is 0.451. The Morgan fingerprint density at radius 1 is 1.17 bits per heavy atom. The first-order valence-corrected chi connectivity index (χ1v) is 11.4. The van der Waals surface area contributed by atoms with E-state index in [4.69, 9.17) is 4.98 Å². The Morgan fingerprint density at radius 3 is 2.63 bits per heavy atom. The van der Waals surface area contributed by atoms with Gasteiger partial charge < -0.3 is 5.32 Å². The van der Waals surface area contributed by atoms with Gasteiger partial charge in [-0.25, -0.2) is 4.98 Å². The molecule has 0 spiro atoms. The van der Waals surface area contributed by atoms with Crippen LogP contribution in [0.4, 0.5) is 5.69 Å². The van der Waals surface area contributed by atoms with Gasteiger partial charge in [0.1, 0.15) is 0 Å². The van der Waals surface area contributed by atoms with E-state index >= 15 is 0 Å². The number of thioether (sulfide) groups is 1. The molecule has 156 valence electrons. The molecule has 1 unspecified atom stereocenters. The molecular formula is C24H27N3O2S. The third-order valence-corrected chi connectivity index (χ3v) is 6.82. The second-order valence-corrected chi connectivity index (χ2v) is 9.40. The zero-order valence-corrected chi connectivity index (χ0v) is 18.5. The minimum Gasteiger partial charge on any atom is -0.325 e. The van der Waals surface area contributed by atoms with Crippen LogP contribution in [0.5, 0.6) is 0 Å². The number of para-hydroxylation sites is 1. The predicted molar refractivity (Wildman–Crippen MR) is 123 cm³/mol. The molecule has 1 fully saturated rings. The number of aromatic nitrogens is 2. The van der Waals surface area contributed by atoms with Crippen LogP contribution in [0.15, 0.2) is 52.4 Å². The van der Waals surface area contributed by atoms with Crippen molar-refractivity contribution in [3.05, 3.63) is 63.9 Å². The third kappa shape index (κ3) is 4.15. The highest BCUT2D eigenvalue weighted by Gasteiger charge is 2.25. The van der Waals surface area contributed by atoms with Crippen LogP contribution in [0.2, 0.25) is 0 Å². The summed E-state index contributed by atoms with van der Waals surface area (Å²) in [7, 11) is 0. The van der Waals surface area contributed by atoms with Crippen molar-refractivity contribution in [3.8, 4) is 0 Å². The fraction of sp³-hybridized carbons (Fsp3) is 0.375. The fourth-order valence-electron chi connectivity index (χ4n) is 4.09. The summed E-state index contributed by atoms with van der Waals surface area (Å²) in [4.78, 5) is 30.9. The number of benzene rings is 2. The number of hydrogen-bond donors (Lipinski definition) is 1. The summed E-state index contributed by atoms with van der Waals surface area (Å²) in [6, 6.07) is 13.6. The van der Waals surface area contributed by atoms with E-state index in [1.165, 1.54) is 11.8 Å². The molecule has 1 aliphatic carbocycles. The van der Waals surface area contributed by atoms with Gasteiger partial charge >= 0.3 is 0 Å². The Kier molecular flexibility index (Phi) is 5.95. The van der Waals surface area contributed by atoms with Crippen LogP contribution in [0, 0.1) is 13.8 Å². The number of rotatable bonds is 5. The third-order valence-electron chi connectivity index (χ3n) is 5.76. The number of nitrogens with one attached hydrogen (secondary N) is 1. The molecule has 30 heavy (non-hydrogen) atoms. The number of aryl methyl sites for hydroxylation is 2. The molecule has 1 heterocycles. The van der Waals surface area contributed by atoms with Crippen molar-refractivity contribution in [1.29, 1.82) is 0 Å². The van der Waals surface area contributed by atoms with Crippen molar-refractivity contribution in [2.75, 3.05) is 5.32 Å². The number of hydrogen-bond acceptors (Lipinski definition) is 4. The minimum absolute atomic E-state index is 0.00279. The van der Waals surface area contributed by atoms with Crippen molar-refractivity contribution in [2.24, 2.45) is 0 Å². The van der Waals surface area contributed by atoms with Crippen molar-refractivity contribution in [3.63, 3.8) is 0 Å². The van der Waals surface area contributed by atoms with E-state index in [1.807, 2.05) is 61.7 Å². The Bertz CT molecular complexity index is 1150. The largest absolute Gasteiger partial charge is 0.325 e. The molecule has 2 aromatic carbocycles. The molecule has 4 rings (SSSR count). The first-order chi connectivity index (χ1) is 14.4. The lowest BCUT2D eigenvalue weighted by Crippen LogP contribution is -2.29. The molecule has 1 saturated carbocycles. The first-order valence-electron chi connectivity index (χ1n) is 10.5. The number of nitrogens with zero attached hydrogens (tertiary/aromatic N) is 2. The second-order valence-electron chi connectivity index (χ2n) is 8.09. The number of carbonyl (C=O) groups is 1. The molecule has 0 saturated heterocycles. The van der Waals surface area contributed by atoms with Gasteiger partial charge in [0.2, 0.25) is 5.91 Å². The first kappa shape index (κ1) is 20.7. The molecule has 1 aromatic heterocycles. The maximum atomic E-state index is 13.3. The summed E-state index contributed by atoms with van der Waals surface area (Å²) in [5, 5.41) is 3.91. The SMILES string of the molecule is Cc1ccc(NC(=O)C(C)Sc2nc3ccccc3c(=O)n2C2CCCC2)c(C)c1. The van der Waals surface area contributed by atoms with Crippen LogP contribution in [0.1, 0.15) is 49.8 Å². The van der Waals surface area contributed by atoms with Crippen molar-refractivity contribution >= 4 is 34.3 Å². The molecule has 0 bridgehead atoms. The average Bonchev–Trinajstić information content (AvgIpc) is 3.24. The van der Waals surface area contributed by atoms with E-state index in [2.05, 4.69) is 11.4 Å². The van der Waals surface area contributed by atoms with Crippen molar-refractivity contribution in [1.82, 2.24) is 9.55 Å². The Morgan fingerprint density at radius 2 is 1.90 bits per heavy atom. The van der Waals surface area contributed by atoms with Crippen LogP contribution in [-0.4, -0.2) is 20.7 Å². The molecule has 1 N–H and O–H groups in total. The van der Waals surface area contributed by atoms with Gasteiger partial charge in [0, 0.05) is 11.7 Å². The topological polar surface area (TPSA) is 64.0 Å². The maximum absolute atomic E-state index is 13.3. The molecule has 3 aromatic rings. The van der Waals surface area contributed by atoms with Crippen molar-refractivity contribution in [2.45, 2.75) is 62.9 Å². The Hall–Kier alpha value is -2.60. The highest BCUT2D eigenvalue weighted by molar-refractivity contribution is 8.00. The van der Waals surface area contributed by atoms with E-state index in [0.717, 1.165) is 42.5 Å². The van der Waals surface area contributed by atoms with Crippen LogP contribution < -0.4 is 10.9 Å². The lowest BCUT2D eigenvalue weighted by atomic mass is 10.1. The van der Waals surface area contributed by atoms with E-state index in [1.54, 1.807) is 0 Å². The van der Waals surface area contributed by atoms with Crippen LogP contribution in [0.25, 0.3) is 10.9 Å². The van der Waals surface area contributed by atoms with Gasteiger partial charge in [0.25, 0.3) is 5.56 Å². The summed E-state index contributed by atoms with van der Waals surface area (Å²) in [6.45, 7) is 5.89. The summed E-state index contributed by atoms with van der Waals surface area (Å²) in [5.41, 5.74) is 3.69. The molecule has 1 aliphatic rings. The molecule has 0 radical (unpaired) electrons. The summed E-state index contributed by atoms with van der Waals surface area (Å²) in [5.74, 6) is -0.0904. The zero-order valence-electron chi connectivity index (χ0n) is 17.6. The zero-order chi connectivity index (χ0) is 21.3. The monoisotopic (exact) mass is 421 g/mol. The molecule has 0 aliphatic heterocycles. The molecular weight excluding hydrogens is 394 g/mol. The van der Waals surface area contributed by atoms with E-state index in [0.29, 0.717) is 16.1 Å². The summed E-state index contributed by atoms with van der Waals surface area (Å²) >= 11 is 1.36. The molecule has 5 nitrogen and oxygen atoms in total. The number of carbonyl (C=O) groups excluding carboxylic acids is 1. The highest BCUT2D eigenvalue weighted by Crippen LogP contribution is 2.33. The van der Waals surface area contributed by atoms with Gasteiger partial charge in [-0.2, -0.15) is 0 Å². The fourth-order valence-corrected chi connectivity index (χ4v) is 5.07. The lowest BCUT2D eigenvalue weighted by Gasteiger charge is -2.20. The Labute approximate surface area is 180 Å². The van der Waals surface area contributed by atoms with Gasteiger partial charge in [0.15, 0.2) is 5.16 Å².